The number of nitrogens with zero attached hydrogens (tertiary/aromatic N) is 3. The smallest absolute Gasteiger partial charge is 0.267 e. The number of anilines is 1. The summed E-state index contributed by atoms with van der Waals surface area (Å²) in [5, 5.41) is 12.5. The zero-order chi connectivity index (χ0) is 25.2. The SMILES string of the molecule is CCCCc1ccc(NC(=O)/C(C#N)=C\N2CCN(C(c3ccccc3)c3ccccc3)CC2)cc1. The molecule has 4 rings (SSSR count). The van der Waals surface area contributed by atoms with Crippen molar-refractivity contribution in [1.29, 1.82) is 5.26 Å². The molecule has 184 valence electrons. The van der Waals surface area contributed by atoms with Gasteiger partial charge in [-0.25, -0.2) is 0 Å². The molecule has 1 saturated heterocycles. The first-order valence-corrected chi connectivity index (χ1v) is 12.8. The molecule has 0 saturated carbocycles. The summed E-state index contributed by atoms with van der Waals surface area (Å²) in [6.07, 6.45) is 5.05. The van der Waals surface area contributed by atoms with Crippen molar-refractivity contribution in [2.75, 3.05) is 31.5 Å². The van der Waals surface area contributed by atoms with E-state index in [0.29, 0.717) is 5.69 Å². The Bertz CT molecular complexity index is 1140. The fourth-order valence-corrected chi connectivity index (χ4v) is 4.66. The Kier molecular flexibility index (Phi) is 8.91. The fraction of sp³-hybridized carbons (Fsp3) is 0.290. The summed E-state index contributed by atoms with van der Waals surface area (Å²) in [7, 11) is 0. The Morgan fingerprint density at radius 2 is 1.50 bits per heavy atom. The van der Waals surface area contributed by atoms with Gasteiger partial charge in [0.15, 0.2) is 0 Å². The van der Waals surface area contributed by atoms with Crippen LogP contribution in [0.15, 0.2) is 96.7 Å². The Morgan fingerprint density at radius 1 is 0.917 bits per heavy atom. The van der Waals surface area contributed by atoms with Crippen molar-refractivity contribution in [3.8, 4) is 6.07 Å². The van der Waals surface area contributed by atoms with Crippen LogP contribution in [0.4, 0.5) is 5.69 Å². The van der Waals surface area contributed by atoms with E-state index in [4.69, 9.17) is 0 Å². The van der Waals surface area contributed by atoms with Crippen molar-refractivity contribution in [1.82, 2.24) is 9.80 Å². The lowest BCUT2D eigenvalue weighted by molar-refractivity contribution is -0.112. The summed E-state index contributed by atoms with van der Waals surface area (Å²) in [5.74, 6) is -0.368. The van der Waals surface area contributed by atoms with Crippen molar-refractivity contribution < 1.29 is 4.79 Å². The van der Waals surface area contributed by atoms with Crippen LogP contribution in [0.5, 0.6) is 0 Å². The van der Waals surface area contributed by atoms with Crippen LogP contribution in [0.3, 0.4) is 0 Å². The van der Waals surface area contributed by atoms with Gasteiger partial charge in [-0.1, -0.05) is 86.1 Å². The number of hydrogen-bond acceptors (Lipinski definition) is 4. The number of nitrogens with one attached hydrogen (secondary N) is 1. The van der Waals surface area contributed by atoms with Gasteiger partial charge in [0.25, 0.3) is 5.91 Å². The monoisotopic (exact) mass is 478 g/mol. The third-order valence-electron chi connectivity index (χ3n) is 6.65. The highest BCUT2D eigenvalue weighted by Crippen LogP contribution is 2.29. The molecular weight excluding hydrogens is 444 g/mol. The molecule has 3 aromatic rings. The van der Waals surface area contributed by atoms with Gasteiger partial charge >= 0.3 is 0 Å². The van der Waals surface area contributed by atoms with Gasteiger partial charge in [0.2, 0.25) is 0 Å². The second kappa shape index (κ2) is 12.7. The average molecular weight is 479 g/mol. The number of amides is 1. The van der Waals surface area contributed by atoms with E-state index < -0.39 is 0 Å². The molecule has 1 aliphatic rings. The van der Waals surface area contributed by atoms with Crippen LogP contribution in [0.1, 0.15) is 42.5 Å². The van der Waals surface area contributed by atoms with E-state index in [1.54, 1.807) is 6.20 Å². The summed E-state index contributed by atoms with van der Waals surface area (Å²) in [6.45, 7) is 5.35. The van der Waals surface area contributed by atoms with E-state index in [2.05, 4.69) is 76.6 Å². The van der Waals surface area contributed by atoms with Crippen molar-refractivity contribution in [2.45, 2.75) is 32.2 Å². The quantitative estimate of drug-likeness (QED) is 0.313. The third kappa shape index (κ3) is 6.62. The van der Waals surface area contributed by atoms with Crippen molar-refractivity contribution in [2.24, 2.45) is 0 Å². The molecule has 1 amide bonds. The molecule has 0 atom stereocenters. The van der Waals surface area contributed by atoms with Crippen LogP contribution in [-0.2, 0) is 11.2 Å². The summed E-state index contributed by atoms with van der Waals surface area (Å²) < 4.78 is 0. The van der Waals surface area contributed by atoms with Crippen molar-refractivity contribution in [3.05, 3.63) is 113 Å². The zero-order valence-corrected chi connectivity index (χ0v) is 20.9. The summed E-state index contributed by atoms with van der Waals surface area (Å²) in [4.78, 5) is 17.3. The van der Waals surface area contributed by atoms with E-state index >= 15 is 0 Å². The molecule has 5 heteroatoms. The topological polar surface area (TPSA) is 59.4 Å². The molecule has 0 radical (unpaired) electrons. The van der Waals surface area contributed by atoms with Gasteiger partial charge in [0, 0.05) is 38.1 Å². The summed E-state index contributed by atoms with van der Waals surface area (Å²) >= 11 is 0. The van der Waals surface area contributed by atoms with Crippen LogP contribution in [-0.4, -0.2) is 41.9 Å². The molecule has 0 aromatic heterocycles. The molecule has 0 aliphatic carbocycles. The van der Waals surface area contributed by atoms with Crippen LogP contribution >= 0.6 is 0 Å². The number of carbonyl (C=O) groups excluding carboxylic acids is 1. The molecule has 36 heavy (non-hydrogen) atoms. The molecule has 1 aliphatic heterocycles. The Hall–Kier alpha value is -3.88. The molecule has 0 unspecified atom stereocenters. The first kappa shape index (κ1) is 25.2. The van der Waals surface area contributed by atoms with Gasteiger partial charge in [0.1, 0.15) is 11.6 Å². The molecular formula is C31H34N4O. The van der Waals surface area contributed by atoms with Crippen LogP contribution in [0.2, 0.25) is 0 Å². The second-order valence-electron chi connectivity index (χ2n) is 9.21. The predicted octanol–water partition coefficient (Wildman–Crippen LogP) is 5.78. The lowest BCUT2D eigenvalue weighted by Gasteiger charge is -2.39. The molecule has 3 aromatic carbocycles. The summed E-state index contributed by atoms with van der Waals surface area (Å²) in [5.41, 5.74) is 4.63. The molecule has 5 nitrogen and oxygen atoms in total. The number of unbranched alkanes of at least 4 members (excludes halogenated alkanes) is 1. The summed E-state index contributed by atoms with van der Waals surface area (Å²) in [6, 6.07) is 31.3. The van der Waals surface area contributed by atoms with Crippen molar-refractivity contribution >= 4 is 11.6 Å². The van der Waals surface area contributed by atoms with E-state index in [-0.39, 0.29) is 17.5 Å². The Labute approximate surface area is 214 Å². The standard InChI is InChI=1S/C31H34N4O/c1-2-3-10-25-15-17-29(18-16-25)33-31(36)28(23-32)24-34-19-21-35(22-20-34)30(26-11-6-4-7-12-26)27-13-8-5-9-14-27/h4-9,11-18,24,30H,2-3,10,19-22H2,1H3,(H,33,36)/b28-24-. The molecule has 1 heterocycles. The highest BCUT2D eigenvalue weighted by atomic mass is 16.1. The maximum atomic E-state index is 12.8. The number of rotatable bonds is 9. The maximum Gasteiger partial charge on any atom is 0.267 e. The molecule has 1 N–H and O–H groups in total. The third-order valence-corrected chi connectivity index (χ3v) is 6.65. The largest absolute Gasteiger partial charge is 0.374 e. The first-order valence-electron chi connectivity index (χ1n) is 12.8. The van der Waals surface area contributed by atoms with Crippen LogP contribution < -0.4 is 5.32 Å². The van der Waals surface area contributed by atoms with E-state index in [0.717, 1.165) is 45.4 Å². The van der Waals surface area contributed by atoms with Crippen LogP contribution in [0, 0.1) is 11.3 Å². The number of nitriles is 1. The molecule has 0 bridgehead atoms. The molecule has 1 fully saturated rings. The zero-order valence-electron chi connectivity index (χ0n) is 20.9. The van der Waals surface area contributed by atoms with Gasteiger partial charge in [-0.15, -0.1) is 0 Å². The van der Waals surface area contributed by atoms with Gasteiger partial charge in [-0.3, -0.25) is 9.69 Å². The Morgan fingerprint density at radius 3 is 2.03 bits per heavy atom. The first-order chi connectivity index (χ1) is 17.7. The van der Waals surface area contributed by atoms with E-state index in [1.165, 1.54) is 16.7 Å². The number of hydrogen-bond donors (Lipinski definition) is 1. The van der Waals surface area contributed by atoms with Gasteiger partial charge in [-0.05, 0) is 41.7 Å². The maximum absolute atomic E-state index is 12.8. The van der Waals surface area contributed by atoms with E-state index in [9.17, 15) is 10.1 Å². The lowest BCUT2D eigenvalue weighted by atomic mass is 9.96. The minimum absolute atomic E-state index is 0.126. The van der Waals surface area contributed by atoms with Crippen molar-refractivity contribution in [3.63, 3.8) is 0 Å². The highest BCUT2D eigenvalue weighted by molar-refractivity contribution is 6.06. The number of carbonyl (C=O) groups is 1. The second-order valence-corrected chi connectivity index (χ2v) is 9.21. The van der Waals surface area contributed by atoms with Gasteiger partial charge in [0.05, 0.1) is 6.04 Å². The minimum Gasteiger partial charge on any atom is -0.374 e. The normalized spacial score (nSPS) is 14.5. The number of aryl methyl sites for hydroxylation is 1. The number of piperazine rings is 1. The van der Waals surface area contributed by atoms with Crippen LogP contribution in [0.25, 0.3) is 0 Å². The minimum atomic E-state index is -0.368. The number of benzene rings is 3. The lowest BCUT2D eigenvalue weighted by Crippen LogP contribution is -2.46. The Balaban J connectivity index is 1.39. The fourth-order valence-electron chi connectivity index (χ4n) is 4.66. The predicted molar refractivity (Wildman–Crippen MR) is 145 cm³/mol. The van der Waals surface area contributed by atoms with Gasteiger partial charge in [-0.2, -0.15) is 5.26 Å². The molecule has 0 spiro atoms. The highest BCUT2D eigenvalue weighted by Gasteiger charge is 2.26. The van der Waals surface area contributed by atoms with E-state index in [1.807, 2.05) is 36.4 Å². The van der Waals surface area contributed by atoms with Gasteiger partial charge < -0.3 is 10.2 Å². The average Bonchev–Trinajstić information content (AvgIpc) is 2.93.